The molecule has 3 fully saturated rings. The number of hydrogen-bond donors (Lipinski definition) is 0. The highest BCUT2D eigenvalue weighted by Crippen LogP contribution is 2.42. The average Bonchev–Trinajstić information content (AvgIpc) is 0.738. The zero-order valence-electron chi connectivity index (χ0n) is 69.4. The summed E-state index contributed by atoms with van der Waals surface area (Å²) in [5, 5.41) is 1.58. The van der Waals surface area contributed by atoms with E-state index in [4.69, 9.17) is 75.5 Å². The van der Waals surface area contributed by atoms with Crippen molar-refractivity contribution in [3.8, 4) is 0 Å². The van der Waals surface area contributed by atoms with Crippen LogP contribution in [0.5, 0.6) is 0 Å². The van der Waals surface area contributed by atoms with Crippen LogP contribution < -0.4 is 10.4 Å². The lowest BCUT2D eigenvalue weighted by Crippen LogP contribution is -2.69. The van der Waals surface area contributed by atoms with Crippen LogP contribution in [-0.4, -0.2) is 132 Å². The lowest BCUT2D eigenvalue weighted by Gasteiger charge is -2.51. The molecular weight excluding hydrogens is 1570 g/mol. The Morgan fingerprint density at radius 3 is 0.846 bits per heavy atom. The highest BCUT2D eigenvalue weighted by molar-refractivity contribution is 6.99. The van der Waals surface area contributed by atoms with Crippen LogP contribution in [0.2, 0.25) is 5.04 Å². The van der Waals surface area contributed by atoms with E-state index in [9.17, 15) is 0 Å². The molecule has 634 valence electrons. The molecular formula is C104H106O18Si. The summed E-state index contributed by atoms with van der Waals surface area (Å²) in [7, 11) is -3.42. The van der Waals surface area contributed by atoms with E-state index in [1.807, 2.05) is 267 Å². The van der Waals surface area contributed by atoms with Gasteiger partial charge in [0, 0.05) is 0 Å². The second-order valence-electron chi connectivity index (χ2n) is 31.9. The lowest BCUT2D eigenvalue weighted by molar-refractivity contribution is -0.383. The van der Waals surface area contributed by atoms with Gasteiger partial charge in [-0.15, -0.1) is 0 Å². The third-order valence-corrected chi connectivity index (χ3v) is 27.2. The Labute approximate surface area is 721 Å². The number of benzene rings is 12. The van der Waals surface area contributed by atoms with E-state index < -0.39 is 117 Å². The summed E-state index contributed by atoms with van der Waals surface area (Å²) in [4.78, 5) is 30.5. The number of rotatable bonds is 39. The van der Waals surface area contributed by atoms with Gasteiger partial charge in [0.25, 0.3) is 8.32 Å². The monoisotopic (exact) mass is 1670 g/mol. The summed E-state index contributed by atoms with van der Waals surface area (Å²) in [5.74, 6) is -1.35. The molecule has 0 saturated carbocycles. The van der Waals surface area contributed by atoms with Crippen LogP contribution in [0.4, 0.5) is 0 Å². The largest absolute Gasteiger partial charge is 0.450 e. The molecule has 0 radical (unpaired) electrons. The molecule has 19 heteroatoms. The summed E-state index contributed by atoms with van der Waals surface area (Å²) in [6.45, 7) is 6.87. The molecule has 3 aliphatic rings. The van der Waals surface area contributed by atoms with Gasteiger partial charge in [-0.05, 0) is 84.2 Å². The maximum absolute atomic E-state index is 15.5. The molecule has 3 heterocycles. The summed E-state index contributed by atoms with van der Waals surface area (Å²) < 4.78 is 118. The first kappa shape index (κ1) is 87.1. The van der Waals surface area contributed by atoms with Gasteiger partial charge in [0.05, 0.1) is 83.8 Å². The zero-order chi connectivity index (χ0) is 84.3. The predicted molar refractivity (Wildman–Crippen MR) is 469 cm³/mol. The molecule has 3 aliphatic heterocycles. The fourth-order valence-electron chi connectivity index (χ4n) is 16.0. The van der Waals surface area contributed by atoms with Crippen molar-refractivity contribution in [3.63, 3.8) is 0 Å². The van der Waals surface area contributed by atoms with Crippen LogP contribution in [0.3, 0.4) is 0 Å². The number of hydrogen-bond acceptors (Lipinski definition) is 18. The topological polar surface area (TPSA) is 182 Å². The molecule has 12 aromatic carbocycles. The van der Waals surface area contributed by atoms with Crippen molar-refractivity contribution >= 4 is 30.6 Å². The van der Waals surface area contributed by atoms with E-state index in [1.54, 1.807) is 48.5 Å². The van der Waals surface area contributed by atoms with E-state index in [0.717, 1.165) is 54.9 Å². The normalized spacial score (nSPS) is 22.9. The van der Waals surface area contributed by atoms with Gasteiger partial charge in [0.15, 0.2) is 31.1 Å². The molecule has 3 saturated heterocycles. The van der Waals surface area contributed by atoms with Gasteiger partial charge in [0.2, 0.25) is 0 Å². The third-order valence-electron chi connectivity index (χ3n) is 22.2. The van der Waals surface area contributed by atoms with Gasteiger partial charge in [0.1, 0.15) is 61.0 Å². The molecule has 0 N–H and O–H groups in total. The molecule has 0 spiro atoms. The first-order valence-electron chi connectivity index (χ1n) is 42.2. The van der Waals surface area contributed by atoms with Crippen LogP contribution in [0, 0.1) is 0 Å². The number of carbonyl (C=O) groups is 2. The first-order valence-corrected chi connectivity index (χ1v) is 44.1. The van der Waals surface area contributed by atoms with Gasteiger partial charge in [-0.25, -0.2) is 9.59 Å². The minimum atomic E-state index is -3.42. The fourth-order valence-corrected chi connectivity index (χ4v) is 20.6. The van der Waals surface area contributed by atoms with E-state index in [-0.39, 0.29) is 83.8 Å². The number of ether oxygens (including phenoxy) is 15. The predicted octanol–water partition coefficient (Wildman–Crippen LogP) is 17.5. The molecule has 0 bridgehead atoms. The van der Waals surface area contributed by atoms with Crippen molar-refractivity contribution in [2.24, 2.45) is 0 Å². The van der Waals surface area contributed by atoms with Crippen molar-refractivity contribution in [1.29, 1.82) is 0 Å². The molecule has 15 rings (SSSR count). The Morgan fingerprint density at radius 1 is 0.260 bits per heavy atom. The Kier molecular flexibility index (Phi) is 31.2. The minimum Gasteiger partial charge on any atom is -0.450 e. The Balaban J connectivity index is 0.868. The lowest BCUT2D eigenvalue weighted by atomic mass is 9.95. The molecule has 18 nitrogen and oxygen atoms in total. The highest BCUT2D eigenvalue weighted by atomic mass is 28.4. The van der Waals surface area contributed by atoms with Gasteiger partial charge >= 0.3 is 11.9 Å². The first-order chi connectivity index (χ1) is 60.5. The summed E-state index contributed by atoms with van der Waals surface area (Å²) in [6, 6.07) is 117. The second-order valence-corrected chi connectivity index (χ2v) is 36.2. The van der Waals surface area contributed by atoms with Crippen LogP contribution in [-0.2, 0) is 128 Å². The molecule has 0 aromatic heterocycles. The summed E-state index contributed by atoms with van der Waals surface area (Å²) in [5.41, 5.74) is 7.38. The Hall–Kier alpha value is -10.8. The highest BCUT2D eigenvalue weighted by Gasteiger charge is 2.59. The zero-order valence-corrected chi connectivity index (χ0v) is 70.4. The third kappa shape index (κ3) is 23.4. The van der Waals surface area contributed by atoms with Gasteiger partial charge in [-0.2, -0.15) is 0 Å². The molecule has 15 atom stereocenters. The smallest absolute Gasteiger partial charge is 0.338 e. The van der Waals surface area contributed by atoms with Crippen molar-refractivity contribution in [3.05, 3.63) is 420 Å². The Morgan fingerprint density at radius 2 is 0.512 bits per heavy atom. The van der Waals surface area contributed by atoms with Crippen LogP contribution in [0.25, 0.3) is 0 Å². The molecule has 12 aromatic rings. The van der Waals surface area contributed by atoms with Crippen LogP contribution >= 0.6 is 0 Å². The maximum Gasteiger partial charge on any atom is 0.338 e. The van der Waals surface area contributed by atoms with Crippen molar-refractivity contribution in [2.75, 3.05) is 19.8 Å². The molecule has 123 heavy (non-hydrogen) atoms. The fraction of sp³-hybridized carbons (Fsp3) is 0.288. The summed E-state index contributed by atoms with van der Waals surface area (Å²) >= 11 is 0. The molecule has 0 amide bonds. The minimum absolute atomic E-state index is 0.0102. The molecule has 0 aliphatic carbocycles. The van der Waals surface area contributed by atoms with E-state index in [2.05, 4.69) is 69.3 Å². The average molecular weight is 1670 g/mol. The number of carbonyl (C=O) groups excluding carboxylic acids is 2. The van der Waals surface area contributed by atoms with E-state index in [0.29, 0.717) is 0 Å². The quantitative estimate of drug-likeness (QED) is 0.0262. The summed E-state index contributed by atoms with van der Waals surface area (Å²) in [6.07, 6.45) is -18.3. The van der Waals surface area contributed by atoms with E-state index >= 15 is 9.59 Å². The Bertz CT molecular complexity index is 5030. The van der Waals surface area contributed by atoms with Crippen molar-refractivity contribution in [1.82, 2.24) is 0 Å². The van der Waals surface area contributed by atoms with Crippen LogP contribution in [0.1, 0.15) is 86.0 Å². The maximum atomic E-state index is 15.5. The second kappa shape index (κ2) is 44.0. The van der Waals surface area contributed by atoms with Crippen molar-refractivity contribution < 1.29 is 85.1 Å². The van der Waals surface area contributed by atoms with Crippen molar-refractivity contribution in [2.45, 2.75) is 171 Å². The SMILES string of the molecule is CC(C)(C)[Si](OC[C@H]1O[C@H](O[C@@H]2[C@@H](OCc3ccccc3)O[C@H](CO[C@H]3O[C@H](COCc4ccccc4)[C@@H](OCc4ccccc4)[C@H](OCc4ccccc4)[C@@H]3OC(=O)c3ccccc3)[C@@H](OCc3ccccc3)[C@@H]2OCc2ccccc2)[C@@H](OC(=O)c2ccccc2)[C@@H](OCc2ccccc2)[C@@H]1OCc1ccccc1)(c1ccccc1)c1ccccc1. The number of esters is 2. The van der Waals surface area contributed by atoms with E-state index in [1.165, 1.54) is 0 Å². The van der Waals surface area contributed by atoms with Gasteiger partial charge in [-0.3, -0.25) is 0 Å². The van der Waals surface area contributed by atoms with Gasteiger partial charge in [-0.1, -0.05) is 360 Å². The standard InChI is InChI=1S/C104H106O18Si/c1-104(2,3)123(85-60-36-14-37-61-85,86-62-38-15-39-63-86)116-74-89-92(110-67-78-46-22-7-23-47-78)95(113-70-81-52-28-10-29-53-81)98(121-100(106)84-58-34-13-35-59-84)103(119-89)122-97-94(112-69-80-50-26-9-27-51-80)91(109-66-77-44-20-6-21-45-77)88(118-102(97)114-71-82-54-30-11-31-55-82)73-115-101-96(120-99(105)83-56-32-12-33-57-83)93(111-68-79-48-24-8-25-49-79)90(108-65-76-42-18-5-19-43-76)87(117-101)72-107-64-75-40-16-4-17-41-75/h4-63,87-98,101-103H,64-74H2,1-3H3/t87-,88-,89-,90-,91-,92-,93+,94+,95+,96+,97+,98+,101+,102+,103-/m1/s1. The van der Waals surface area contributed by atoms with Gasteiger partial charge < -0.3 is 75.5 Å². The molecule has 0 unspecified atom stereocenters. The van der Waals surface area contributed by atoms with Crippen LogP contribution in [0.15, 0.2) is 364 Å².